The summed E-state index contributed by atoms with van der Waals surface area (Å²) in [5.41, 5.74) is 0.473. The van der Waals surface area contributed by atoms with E-state index in [0.717, 1.165) is 12.1 Å². The minimum absolute atomic E-state index is 0.173. The van der Waals surface area contributed by atoms with Crippen molar-refractivity contribution in [3.63, 3.8) is 0 Å². The lowest BCUT2D eigenvalue weighted by atomic mass is 10.2. The number of fused-ring (bicyclic) bond motifs is 1. The number of imidazole rings is 1. The topological polar surface area (TPSA) is 97.2 Å². The van der Waals surface area contributed by atoms with Gasteiger partial charge in [-0.2, -0.15) is 18.3 Å². The third kappa shape index (κ3) is 4.06. The first-order valence-electron chi connectivity index (χ1n) is 8.47. The Morgan fingerprint density at radius 3 is 2.72 bits per heavy atom. The predicted octanol–water partition coefficient (Wildman–Crippen LogP) is 2.97. The van der Waals surface area contributed by atoms with Crippen LogP contribution in [0.5, 0.6) is 6.01 Å². The van der Waals surface area contributed by atoms with Gasteiger partial charge >= 0.3 is 18.0 Å². The van der Waals surface area contributed by atoms with E-state index in [9.17, 15) is 23.3 Å². The van der Waals surface area contributed by atoms with Crippen LogP contribution in [0.25, 0.3) is 5.69 Å². The molecule has 1 aliphatic heterocycles. The van der Waals surface area contributed by atoms with E-state index in [4.69, 9.17) is 9.47 Å². The summed E-state index contributed by atoms with van der Waals surface area (Å²) in [6.45, 7) is 0.741. The summed E-state index contributed by atoms with van der Waals surface area (Å²) in [5.74, 6) is -0.293. The SMILES string of the molecule is O=[N+]([O-])c1cn2c(n1)OC[C@@H](OCc1cnn(-c3ccc(C(F)(F)F)cc3)c1)C2. The lowest BCUT2D eigenvalue weighted by molar-refractivity contribution is -0.389. The molecule has 0 N–H and O–H groups in total. The summed E-state index contributed by atoms with van der Waals surface area (Å²) >= 11 is 0. The second kappa shape index (κ2) is 7.20. The Bertz CT molecular complexity index is 1030. The van der Waals surface area contributed by atoms with Gasteiger partial charge in [0.25, 0.3) is 0 Å². The van der Waals surface area contributed by atoms with E-state index in [1.807, 2.05) is 0 Å². The summed E-state index contributed by atoms with van der Waals surface area (Å²) in [6.07, 6.45) is -0.243. The van der Waals surface area contributed by atoms with Crippen LogP contribution in [0.15, 0.2) is 42.9 Å². The van der Waals surface area contributed by atoms with Gasteiger partial charge in [-0.1, -0.05) is 0 Å². The van der Waals surface area contributed by atoms with E-state index in [0.29, 0.717) is 17.8 Å². The molecule has 0 amide bonds. The van der Waals surface area contributed by atoms with Crippen molar-refractivity contribution in [2.45, 2.75) is 25.4 Å². The number of hydrogen-bond donors (Lipinski definition) is 0. The van der Waals surface area contributed by atoms with Gasteiger partial charge < -0.3 is 19.6 Å². The van der Waals surface area contributed by atoms with Crippen LogP contribution >= 0.6 is 0 Å². The monoisotopic (exact) mass is 409 g/mol. The highest BCUT2D eigenvalue weighted by Gasteiger charge is 2.30. The van der Waals surface area contributed by atoms with Crippen molar-refractivity contribution < 1.29 is 27.6 Å². The average molecular weight is 409 g/mol. The van der Waals surface area contributed by atoms with Crippen LogP contribution in [0.2, 0.25) is 0 Å². The van der Waals surface area contributed by atoms with Gasteiger partial charge in [0.05, 0.1) is 30.6 Å². The minimum atomic E-state index is -4.39. The maximum absolute atomic E-state index is 12.6. The van der Waals surface area contributed by atoms with E-state index < -0.39 is 16.7 Å². The summed E-state index contributed by atoms with van der Waals surface area (Å²) in [6, 6.07) is 4.83. The molecule has 0 unspecified atom stereocenters. The fourth-order valence-electron chi connectivity index (χ4n) is 2.85. The highest BCUT2D eigenvalue weighted by Crippen LogP contribution is 2.29. The molecule has 0 saturated heterocycles. The Morgan fingerprint density at radius 1 is 1.28 bits per heavy atom. The van der Waals surface area contributed by atoms with Crippen molar-refractivity contribution in [3.8, 4) is 11.7 Å². The number of nitro groups is 1. The van der Waals surface area contributed by atoms with Gasteiger partial charge in [-0.25, -0.2) is 4.68 Å². The maximum Gasteiger partial charge on any atom is 0.416 e. The zero-order chi connectivity index (χ0) is 20.6. The number of aromatic nitrogens is 4. The van der Waals surface area contributed by atoms with Crippen LogP contribution in [0.1, 0.15) is 11.1 Å². The fourth-order valence-corrected chi connectivity index (χ4v) is 2.85. The highest BCUT2D eigenvalue weighted by atomic mass is 19.4. The molecule has 3 aromatic rings. The van der Waals surface area contributed by atoms with Gasteiger partial charge in [0.15, 0.2) is 0 Å². The fraction of sp³-hybridized carbons (Fsp3) is 0.294. The van der Waals surface area contributed by atoms with Crippen molar-refractivity contribution in [2.24, 2.45) is 0 Å². The van der Waals surface area contributed by atoms with Crippen LogP contribution in [0, 0.1) is 10.1 Å². The molecule has 1 aliphatic rings. The Balaban J connectivity index is 1.37. The first-order chi connectivity index (χ1) is 13.8. The normalized spacial score (nSPS) is 16.3. The molecule has 4 rings (SSSR count). The molecule has 0 fully saturated rings. The summed E-state index contributed by atoms with van der Waals surface area (Å²) in [5, 5.41) is 14.9. The van der Waals surface area contributed by atoms with Gasteiger partial charge in [-0.3, -0.25) is 4.57 Å². The molecule has 29 heavy (non-hydrogen) atoms. The van der Waals surface area contributed by atoms with Crippen molar-refractivity contribution in [1.29, 1.82) is 0 Å². The number of halogens is 3. The van der Waals surface area contributed by atoms with Gasteiger partial charge in [0.2, 0.25) is 0 Å². The van der Waals surface area contributed by atoms with Gasteiger partial charge in [0.1, 0.15) is 18.9 Å². The molecule has 9 nitrogen and oxygen atoms in total. The molecule has 0 aliphatic carbocycles. The van der Waals surface area contributed by atoms with Crippen molar-refractivity contribution in [2.75, 3.05) is 6.61 Å². The quantitative estimate of drug-likeness (QED) is 0.475. The second-order valence-corrected chi connectivity index (χ2v) is 6.37. The first kappa shape index (κ1) is 18.9. The van der Waals surface area contributed by atoms with E-state index in [1.165, 1.54) is 27.6 Å². The molecule has 152 valence electrons. The number of alkyl halides is 3. The molecule has 12 heteroatoms. The second-order valence-electron chi connectivity index (χ2n) is 6.37. The van der Waals surface area contributed by atoms with Crippen LogP contribution < -0.4 is 4.74 Å². The number of benzene rings is 1. The van der Waals surface area contributed by atoms with Gasteiger partial charge in [0, 0.05) is 16.7 Å². The Morgan fingerprint density at radius 2 is 2.03 bits per heavy atom. The minimum Gasteiger partial charge on any atom is -0.443 e. The van der Waals surface area contributed by atoms with Crippen LogP contribution in [0.4, 0.5) is 19.0 Å². The lowest BCUT2D eigenvalue weighted by Crippen LogP contribution is -2.32. The Kier molecular flexibility index (Phi) is 4.70. The van der Waals surface area contributed by atoms with E-state index in [-0.39, 0.29) is 31.1 Å². The molecule has 0 radical (unpaired) electrons. The molecule has 1 aromatic carbocycles. The molecule has 3 heterocycles. The molecule has 0 saturated carbocycles. The highest BCUT2D eigenvalue weighted by molar-refractivity contribution is 5.35. The van der Waals surface area contributed by atoms with Gasteiger partial charge in [-0.15, -0.1) is 0 Å². The smallest absolute Gasteiger partial charge is 0.416 e. The Hall–Kier alpha value is -3.41. The van der Waals surface area contributed by atoms with Crippen LogP contribution in [-0.4, -0.2) is 37.0 Å². The van der Waals surface area contributed by atoms with Crippen molar-refractivity contribution >= 4 is 5.82 Å². The molecule has 1 atom stereocenters. The zero-order valence-electron chi connectivity index (χ0n) is 14.7. The molecular formula is C17H14F3N5O4. The van der Waals surface area contributed by atoms with Crippen molar-refractivity contribution in [1.82, 2.24) is 19.3 Å². The van der Waals surface area contributed by atoms with Gasteiger partial charge in [-0.05, 0) is 29.2 Å². The predicted molar refractivity (Wildman–Crippen MR) is 91.5 cm³/mol. The number of nitrogens with zero attached hydrogens (tertiary/aromatic N) is 5. The van der Waals surface area contributed by atoms with Crippen molar-refractivity contribution in [3.05, 3.63) is 64.1 Å². The summed E-state index contributed by atoms with van der Waals surface area (Å²) in [7, 11) is 0. The van der Waals surface area contributed by atoms with E-state index >= 15 is 0 Å². The van der Waals surface area contributed by atoms with E-state index in [2.05, 4.69) is 10.1 Å². The molecular weight excluding hydrogens is 395 g/mol. The van der Waals surface area contributed by atoms with E-state index in [1.54, 1.807) is 12.4 Å². The molecule has 0 spiro atoms. The zero-order valence-corrected chi connectivity index (χ0v) is 14.7. The standard InChI is InChI=1S/C17H14F3N5O4/c18-17(19,20)12-1-3-13(4-2-12)24-6-11(5-21-24)9-28-14-7-23-8-15(25(26)27)22-16(23)29-10-14/h1-6,8,14H,7,9-10H2/t14-/m0/s1. The average Bonchev–Trinajstić information content (AvgIpc) is 3.32. The third-order valence-corrected chi connectivity index (χ3v) is 4.29. The number of rotatable bonds is 5. The summed E-state index contributed by atoms with van der Waals surface area (Å²) in [4.78, 5) is 13.9. The number of hydrogen-bond acceptors (Lipinski definition) is 6. The largest absolute Gasteiger partial charge is 0.443 e. The third-order valence-electron chi connectivity index (χ3n) is 4.29. The maximum atomic E-state index is 12.6. The van der Waals surface area contributed by atoms with Crippen LogP contribution in [0.3, 0.4) is 0 Å². The Labute approximate surface area is 161 Å². The number of ether oxygens (including phenoxy) is 2. The summed E-state index contributed by atoms with van der Waals surface area (Å²) < 4.78 is 52.1. The molecule has 0 bridgehead atoms. The lowest BCUT2D eigenvalue weighted by Gasteiger charge is -2.22. The molecule has 2 aromatic heterocycles. The first-order valence-corrected chi connectivity index (χ1v) is 8.47. The van der Waals surface area contributed by atoms with Crippen LogP contribution in [-0.2, 0) is 24.1 Å².